The molecule has 0 saturated heterocycles. The summed E-state index contributed by atoms with van der Waals surface area (Å²) in [6, 6.07) is 3.75. The molecule has 1 aromatic rings. The minimum atomic E-state index is -3.92. The third-order valence-electron chi connectivity index (χ3n) is 4.74. The molecule has 2 atom stereocenters. The predicted molar refractivity (Wildman–Crippen MR) is 82.6 cm³/mol. The van der Waals surface area contributed by atoms with Crippen LogP contribution < -0.4 is 0 Å². The molecule has 0 spiro atoms. The fourth-order valence-corrected chi connectivity index (χ4v) is 5.37. The summed E-state index contributed by atoms with van der Waals surface area (Å²) in [5.74, 6) is -0.980. The van der Waals surface area contributed by atoms with Crippen molar-refractivity contribution in [3.63, 3.8) is 0 Å². The largest absolute Gasteiger partial charge is 0.465 e. The van der Waals surface area contributed by atoms with Crippen LogP contribution in [0.2, 0.25) is 0 Å². The van der Waals surface area contributed by atoms with E-state index in [9.17, 15) is 18.0 Å². The topological polar surface area (TPSA) is 80.8 Å². The fraction of sp³-hybridized carbons (Fsp3) is 0.500. The summed E-state index contributed by atoms with van der Waals surface area (Å²) >= 11 is 0. The minimum absolute atomic E-state index is 0.0943. The van der Waals surface area contributed by atoms with Gasteiger partial charge < -0.3 is 4.74 Å². The standard InChI is InChI=1S/C16H19NO5S/c1-10-5-3-4-6-13(10)17-15(18)12-8-7-11(16(19)22-2)9-14(12)23(17,20)21/h7-10,13H,3-6H2,1-2H3/t10-,13+/m0/s1. The predicted octanol–water partition coefficient (Wildman–Crippen LogP) is 2.20. The highest BCUT2D eigenvalue weighted by atomic mass is 32.2. The Kier molecular flexibility index (Phi) is 3.91. The number of carbonyl (C=O) groups excluding carboxylic acids is 2. The molecule has 0 N–H and O–H groups in total. The fourth-order valence-electron chi connectivity index (χ4n) is 3.47. The van der Waals surface area contributed by atoms with Crippen LogP contribution in [0.5, 0.6) is 0 Å². The van der Waals surface area contributed by atoms with E-state index < -0.39 is 21.9 Å². The van der Waals surface area contributed by atoms with Gasteiger partial charge in [-0.1, -0.05) is 19.8 Å². The molecule has 0 radical (unpaired) electrons. The van der Waals surface area contributed by atoms with E-state index in [1.807, 2.05) is 6.92 Å². The van der Waals surface area contributed by atoms with Crippen molar-refractivity contribution in [2.45, 2.75) is 43.5 Å². The Bertz CT molecular complexity index is 771. The highest BCUT2D eigenvalue weighted by Gasteiger charge is 2.47. The number of hydrogen-bond acceptors (Lipinski definition) is 5. The molecule has 0 aromatic heterocycles. The maximum atomic E-state index is 12.9. The summed E-state index contributed by atoms with van der Waals surface area (Å²) in [5, 5.41) is 0. The van der Waals surface area contributed by atoms with Gasteiger partial charge in [0.05, 0.1) is 24.3 Å². The van der Waals surface area contributed by atoms with Crippen LogP contribution in [0.4, 0.5) is 0 Å². The number of hydrogen-bond donors (Lipinski definition) is 0. The molecule has 1 saturated carbocycles. The monoisotopic (exact) mass is 337 g/mol. The number of fused-ring (bicyclic) bond motifs is 1. The van der Waals surface area contributed by atoms with Gasteiger partial charge in [0.1, 0.15) is 4.90 Å². The average Bonchev–Trinajstić information content (AvgIpc) is 2.74. The van der Waals surface area contributed by atoms with Crippen LogP contribution in [0.1, 0.15) is 53.3 Å². The van der Waals surface area contributed by atoms with Crippen LogP contribution >= 0.6 is 0 Å². The van der Waals surface area contributed by atoms with Crippen molar-refractivity contribution < 1.29 is 22.7 Å². The number of nitrogens with zero attached hydrogens (tertiary/aromatic N) is 1. The van der Waals surface area contributed by atoms with E-state index in [1.165, 1.54) is 25.3 Å². The first kappa shape index (κ1) is 16.0. The molecule has 0 unspecified atom stereocenters. The van der Waals surface area contributed by atoms with Crippen LogP contribution in [0.25, 0.3) is 0 Å². The van der Waals surface area contributed by atoms with E-state index in [0.717, 1.165) is 23.6 Å². The lowest BCUT2D eigenvalue weighted by Crippen LogP contribution is -2.44. The van der Waals surface area contributed by atoms with Gasteiger partial charge in [0.15, 0.2) is 0 Å². The lowest BCUT2D eigenvalue weighted by atomic mass is 9.86. The van der Waals surface area contributed by atoms with Gasteiger partial charge in [-0.2, -0.15) is 0 Å². The number of methoxy groups -OCH3 is 1. The molecule has 2 aliphatic rings. The van der Waals surface area contributed by atoms with E-state index in [2.05, 4.69) is 4.74 Å². The highest BCUT2D eigenvalue weighted by molar-refractivity contribution is 7.90. The molecule has 0 bridgehead atoms. The lowest BCUT2D eigenvalue weighted by molar-refractivity contribution is 0.0599. The van der Waals surface area contributed by atoms with Crippen molar-refractivity contribution in [3.8, 4) is 0 Å². The zero-order chi connectivity index (χ0) is 16.8. The summed E-state index contributed by atoms with van der Waals surface area (Å²) in [7, 11) is -2.69. The van der Waals surface area contributed by atoms with E-state index >= 15 is 0 Å². The van der Waals surface area contributed by atoms with Crippen LogP contribution in [-0.2, 0) is 14.8 Å². The molecule has 1 heterocycles. The molecule has 23 heavy (non-hydrogen) atoms. The second-order valence-electron chi connectivity index (χ2n) is 6.14. The first-order valence-electron chi connectivity index (χ1n) is 7.69. The van der Waals surface area contributed by atoms with Gasteiger partial charge in [0.25, 0.3) is 15.9 Å². The quantitative estimate of drug-likeness (QED) is 0.773. The second-order valence-corrected chi connectivity index (χ2v) is 7.92. The maximum Gasteiger partial charge on any atom is 0.337 e. The molecule has 7 heteroatoms. The van der Waals surface area contributed by atoms with Crippen molar-refractivity contribution in [1.82, 2.24) is 4.31 Å². The van der Waals surface area contributed by atoms with Crippen molar-refractivity contribution >= 4 is 21.9 Å². The molecular weight excluding hydrogens is 318 g/mol. The third-order valence-corrected chi connectivity index (χ3v) is 6.59. The molecule has 124 valence electrons. The van der Waals surface area contributed by atoms with E-state index in [-0.39, 0.29) is 28.0 Å². The number of ether oxygens (including phenoxy) is 1. The van der Waals surface area contributed by atoms with E-state index in [1.54, 1.807) is 0 Å². The maximum absolute atomic E-state index is 12.9. The van der Waals surface area contributed by atoms with Crippen LogP contribution in [0.3, 0.4) is 0 Å². The number of rotatable bonds is 2. The summed E-state index contributed by atoms with van der Waals surface area (Å²) in [4.78, 5) is 24.2. The van der Waals surface area contributed by atoms with Crippen molar-refractivity contribution in [3.05, 3.63) is 29.3 Å². The molecule has 3 rings (SSSR count). The third kappa shape index (κ3) is 2.43. The minimum Gasteiger partial charge on any atom is -0.465 e. The van der Waals surface area contributed by atoms with E-state index in [4.69, 9.17) is 0 Å². The Morgan fingerprint density at radius 2 is 1.96 bits per heavy atom. The smallest absolute Gasteiger partial charge is 0.337 e. The number of sulfonamides is 1. The first-order valence-corrected chi connectivity index (χ1v) is 9.13. The highest BCUT2D eigenvalue weighted by Crippen LogP contribution is 2.38. The van der Waals surface area contributed by atoms with E-state index in [0.29, 0.717) is 6.42 Å². The van der Waals surface area contributed by atoms with Gasteiger partial charge in [-0.05, 0) is 37.0 Å². The molecule has 6 nitrogen and oxygen atoms in total. The van der Waals surface area contributed by atoms with Crippen molar-refractivity contribution in [1.29, 1.82) is 0 Å². The van der Waals surface area contributed by atoms with Gasteiger partial charge in [-0.25, -0.2) is 17.5 Å². The molecule has 1 aliphatic heterocycles. The normalized spacial score (nSPS) is 26.0. The van der Waals surface area contributed by atoms with Crippen molar-refractivity contribution in [2.75, 3.05) is 7.11 Å². The molecular formula is C16H19NO5S. The Morgan fingerprint density at radius 3 is 2.61 bits per heavy atom. The second kappa shape index (κ2) is 5.63. The Balaban J connectivity index is 2.06. The summed E-state index contributed by atoms with van der Waals surface area (Å²) in [6.45, 7) is 1.98. The molecule has 1 aromatic carbocycles. The number of esters is 1. The van der Waals surface area contributed by atoms with Crippen molar-refractivity contribution in [2.24, 2.45) is 5.92 Å². The SMILES string of the molecule is COC(=O)c1ccc2c(c1)S(=O)(=O)N([C@@H]1CCCC[C@@H]1C)C2=O. The average molecular weight is 337 g/mol. The Labute approximate surface area is 135 Å². The number of amides is 1. The molecule has 1 amide bonds. The first-order chi connectivity index (χ1) is 10.9. The van der Waals surface area contributed by atoms with Gasteiger partial charge in [-0.15, -0.1) is 0 Å². The van der Waals surface area contributed by atoms with Gasteiger partial charge in [0.2, 0.25) is 0 Å². The number of benzene rings is 1. The van der Waals surface area contributed by atoms with Crippen LogP contribution in [-0.4, -0.2) is 37.8 Å². The van der Waals surface area contributed by atoms with Crippen LogP contribution in [0, 0.1) is 5.92 Å². The summed E-state index contributed by atoms with van der Waals surface area (Å²) in [6.07, 6.45) is 3.56. The molecule has 1 fully saturated rings. The molecule has 1 aliphatic carbocycles. The zero-order valence-electron chi connectivity index (χ0n) is 13.1. The number of carbonyl (C=O) groups is 2. The Hall–Kier alpha value is -1.89. The van der Waals surface area contributed by atoms with Crippen LogP contribution in [0.15, 0.2) is 23.1 Å². The summed E-state index contributed by atoms with van der Waals surface area (Å²) < 4.78 is 31.4. The summed E-state index contributed by atoms with van der Waals surface area (Å²) in [5.41, 5.74) is 0.261. The lowest BCUT2D eigenvalue weighted by Gasteiger charge is -2.34. The Morgan fingerprint density at radius 1 is 1.26 bits per heavy atom. The van der Waals surface area contributed by atoms with Gasteiger partial charge >= 0.3 is 5.97 Å². The van der Waals surface area contributed by atoms with Gasteiger partial charge in [-0.3, -0.25) is 4.79 Å². The van der Waals surface area contributed by atoms with Gasteiger partial charge in [0, 0.05) is 0 Å². The zero-order valence-corrected chi connectivity index (χ0v) is 13.9.